The molecule has 0 bridgehead atoms. The van der Waals surface area contributed by atoms with Crippen molar-refractivity contribution in [3.63, 3.8) is 0 Å². The Balaban J connectivity index is 0.783. The number of rotatable bonds is 33. The van der Waals surface area contributed by atoms with E-state index in [1.54, 1.807) is 88.4 Å². The Bertz CT molecular complexity index is 3770. The van der Waals surface area contributed by atoms with Crippen LogP contribution in [0.4, 0.5) is 11.6 Å². The smallest absolute Gasteiger partial charge is 0.393 e. The summed E-state index contributed by atoms with van der Waals surface area (Å²) in [6, 6.07) is 29.7. The number of ether oxygens (including phenoxy) is 7. The van der Waals surface area contributed by atoms with Crippen molar-refractivity contribution < 1.29 is 51.3 Å². The summed E-state index contributed by atoms with van der Waals surface area (Å²) in [5.41, 5.74) is 14.1. The topological polar surface area (TPSA) is 273 Å². The molecule has 5 aliphatic rings. The fourth-order valence-electron chi connectivity index (χ4n) is 14.3. The van der Waals surface area contributed by atoms with Crippen LogP contribution in [0.5, 0.6) is 11.5 Å². The summed E-state index contributed by atoms with van der Waals surface area (Å²) >= 11 is 14.8. The highest BCUT2D eigenvalue weighted by Gasteiger charge is 2.67. The number of anilines is 2. The minimum atomic E-state index is -4.86. The van der Waals surface area contributed by atoms with Crippen LogP contribution in [0.15, 0.2) is 97.6 Å². The predicted molar refractivity (Wildman–Crippen MR) is 362 cm³/mol. The third-order valence-corrected chi connectivity index (χ3v) is 21.3. The molecule has 0 amide bonds. The highest BCUT2D eigenvalue weighted by Crippen LogP contribution is 2.56. The number of benzene rings is 3. The van der Waals surface area contributed by atoms with Gasteiger partial charge < -0.3 is 53.7 Å². The van der Waals surface area contributed by atoms with Crippen LogP contribution >= 0.6 is 31.0 Å². The van der Waals surface area contributed by atoms with Crippen LogP contribution in [0, 0.1) is 22.7 Å². The first-order valence-corrected chi connectivity index (χ1v) is 36.2. The number of phosphoric acid groups is 1. The summed E-state index contributed by atoms with van der Waals surface area (Å²) in [6.07, 6.45) is 18.2. The summed E-state index contributed by atoms with van der Waals surface area (Å²) in [5.74, 6) is -1.83. The molecule has 4 saturated heterocycles. The Hall–Kier alpha value is -6.47. The highest BCUT2D eigenvalue weighted by molar-refractivity contribution is 7.49. The Morgan fingerprint density at radius 2 is 1.02 bits per heavy atom. The molecule has 5 aliphatic heterocycles. The standard InChI is InChI=1S/C71H88Cl2N11O11P/c1-6-7-8-9-10-11-12-13-14-15-16-17-18-19-20-23-36-86-41-51(82-39-49-26-21-22-27-50(49)40-82)42-87-96(85,94-54-30-24-28-47(60(54)72)37-56-62-64(92-68(2,3)90-62)70(43-74,88-56)58-34-32-52-66(76)78-45-80-83(52)58)95-55-31-25-29-48(61(55)73)38-57-63-65(93-69(4,5)91-63)71(44-75,89-57)59-35-33-53-67(77)79-46-81-84(53)59/h21-22,24-35,45-46,51,56-57,62-65H,6-20,23,36-42H2,1-5H3,(H2,76,78,80)(H2,77,79,81)/t51-,56-,57-,62-,63-,64-,65-,70+,71+/m1/s1. The number of nitrogens with two attached hydrogens (primary N) is 2. The lowest BCUT2D eigenvalue weighted by Gasteiger charge is -2.29. The van der Waals surface area contributed by atoms with Crippen molar-refractivity contribution in [2.45, 2.75) is 229 Å². The zero-order valence-corrected chi connectivity index (χ0v) is 57.8. The zero-order chi connectivity index (χ0) is 67.2. The molecule has 22 nitrogen and oxygen atoms in total. The lowest BCUT2D eigenvalue weighted by atomic mass is 9.91. The lowest BCUT2D eigenvalue weighted by molar-refractivity contribution is -0.201. The van der Waals surface area contributed by atoms with Crippen molar-refractivity contribution >= 4 is 53.7 Å². The van der Waals surface area contributed by atoms with E-state index in [4.69, 9.17) is 81.4 Å². The van der Waals surface area contributed by atoms with Gasteiger partial charge in [0.1, 0.15) is 60.2 Å². The first kappa shape index (κ1) is 69.4. The summed E-state index contributed by atoms with van der Waals surface area (Å²) in [5, 5.41) is 31.3. The molecule has 25 heteroatoms. The van der Waals surface area contributed by atoms with Gasteiger partial charge in [-0.2, -0.15) is 20.7 Å². The number of nitrogen functional groups attached to an aromatic ring is 2. The lowest BCUT2D eigenvalue weighted by Crippen LogP contribution is -2.40. The minimum absolute atomic E-state index is 0.0337. The molecule has 9 heterocycles. The molecule has 0 unspecified atom stereocenters. The number of fused-ring (bicyclic) bond motifs is 5. The van der Waals surface area contributed by atoms with Crippen molar-refractivity contribution in [3.8, 4) is 23.6 Å². The van der Waals surface area contributed by atoms with Gasteiger partial charge in [0.2, 0.25) is 11.2 Å². The maximum Gasteiger partial charge on any atom is 0.587 e. The SMILES string of the molecule is CCCCCCCCCCCCCCCCCCOC[C@H](COP(=O)(Oc1cccc(C[C@H]2O[C@@](C#N)(c3ccc4c(N)ncnn34)[C@@H]3OC(C)(C)O[C@@H]32)c1Cl)Oc1cccc(C[C@H]2O[C@@](C#N)(c3ccc4c(N)ncnn34)[C@@H]3OC(C)(C)O[C@@H]32)c1Cl)N1Cc2ccccc2C1. The molecule has 0 aliphatic carbocycles. The van der Waals surface area contributed by atoms with Crippen LogP contribution in [-0.4, -0.2) is 108 Å². The molecule has 4 aromatic heterocycles. The van der Waals surface area contributed by atoms with Crippen molar-refractivity contribution in [2.24, 2.45) is 0 Å². The predicted octanol–water partition coefficient (Wildman–Crippen LogP) is 14.2. The van der Waals surface area contributed by atoms with Gasteiger partial charge in [-0.1, -0.05) is 175 Å². The highest BCUT2D eigenvalue weighted by atomic mass is 35.5. The van der Waals surface area contributed by atoms with E-state index >= 15 is 4.57 Å². The minimum Gasteiger partial charge on any atom is -0.393 e. The largest absolute Gasteiger partial charge is 0.587 e. The van der Waals surface area contributed by atoms with Crippen molar-refractivity contribution in [2.75, 3.05) is 31.3 Å². The molecule has 0 radical (unpaired) electrons. The molecule has 0 spiro atoms. The zero-order valence-electron chi connectivity index (χ0n) is 55.4. The van der Waals surface area contributed by atoms with E-state index in [1.807, 2.05) is 12.1 Å². The summed E-state index contributed by atoms with van der Waals surface area (Å²) in [6.45, 7) is 11.3. The summed E-state index contributed by atoms with van der Waals surface area (Å²) in [4.78, 5) is 10.5. The molecule has 4 fully saturated rings. The summed E-state index contributed by atoms with van der Waals surface area (Å²) < 4.78 is 85.0. The molecule has 9 atom stereocenters. The van der Waals surface area contributed by atoms with Crippen molar-refractivity contribution in [1.29, 1.82) is 10.5 Å². The van der Waals surface area contributed by atoms with Gasteiger partial charge in [-0.25, -0.2) is 23.6 Å². The average molecular weight is 1370 g/mol. The van der Waals surface area contributed by atoms with Crippen LogP contribution in [0.25, 0.3) is 11.0 Å². The van der Waals surface area contributed by atoms with E-state index in [-0.39, 0.29) is 59.2 Å². The number of unbranched alkanes of at least 4 members (excludes halogenated alkanes) is 15. The molecule has 0 saturated carbocycles. The van der Waals surface area contributed by atoms with Gasteiger partial charge >= 0.3 is 7.82 Å². The molecule has 3 aromatic carbocycles. The number of halogens is 2. The second-order valence-electron chi connectivity index (χ2n) is 26.9. The van der Waals surface area contributed by atoms with Gasteiger partial charge in [0.25, 0.3) is 0 Å². The number of aromatic nitrogens is 6. The fourth-order valence-corrected chi connectivity index (χ4v) is 16.2. The van der Waals surface area contributed by atoms with E-state index in [0.29, 0.717) is 53.2 Å². The van der Waals surface area contributed by atoms with Crippen LogP contribution in [-0.2, 0) is 79.4 Å². The van der Waals surface area contributed by atoms with E-state index in [2.05, 4.69) is 56.3 Å². The van der Waals surface area contributed by atoms with Gasteiger partial charge in [-0.3, -0.25) is 9.42 Å². The van der Waals surface area contributed by atoms with E-state index in [1.165, 1.54) is 116 Å². The maximum atomic E-state index is 16.1. The van der Waals surface area contributed by atoms with E-state index in [0.717, 1.165) is 19.3 Å². The third kappa shape index (κ3) is 14.8. The van der Waals surface area contributed by atoms with Crippen molar-refractivity contribution in [3.05, 3.63) is 141 Å². The Morgan fingerprint density at radius 3 is 1.46 bits per heavy atom. The first-order valence-electron chi connectivity index (χ1n) is 34.0. The van der Waals surface area contributed by atoms with Gasteiger partial charge in [0.15, 0.2) is 34.7 Å². The fraction of sp³-hybridized carbons (Fsp3) is 0.549. The van der Waals surface area contributed by atoms with Crippen molar-refractivity contribution in [1.82, 2.24) is 34.1 Å². The second-order valence-corrected chi connectivity index (χ2v) is 29.1. The van der Waals surface area contributed by atoms with Gasteiger partial charge in [0, 0.05) is 32.5 Å². The number of phosphoric ester groups is 1. The molecule has 7 aromatic rings. The normalized spacial score (nSPS) is 24.5. The molecular weight excluding hydrogens is 1280 g/mol. The van der Waals surface area contributed by atoms with Crippen LogP contribution in [0.3, 0.4) is 0 Å². The van der Waals surface area contributed by atoms with Gasteiger partial charge in [0.05, 0.1) is 52.9 Å². The van der Waals surface area contributed by atoms with Crippen LogP contribution in [0.1, 0.15) is 171 Å². The quantitative estimate of drug-likeness (QED) is 0.0286. The third-order valence-electron chi connectivity index (χ3n) is 19.1. The molecule has 96 heavy (non-hydrogen) atoms. The molecule has 12 rings (SSSR count). The molecule has 4 N–H and O–H groups in total. The Labute approximate surface area is 571 Å². The summed E-state index contributed by atoms with van der Waals surface area (Å²) in [7, 11) is -4.86. The monoisotopic (exact) mass is 1370 g/mol. The second kappa shape index (κ2) is 29.9. The molecular formula is C71H88Cl2N11O11P. The van der Waals surface area contributed by atoms with E-state index < -0.39 is 73.3 Å². The van der Waals surface area contributed by atoms with Crippen LogP contribution in [0.2, 0.25) is 10.0 Å². The molecule has 512 valence electrons. The van der Waals surface area contributed by atoms with E-state index in [9.17, 15) is 10.5 Å². The van der Waals surface area contributed by atoms with Gasteiger partial charge in [-0.05, 0) is 92.8 Å². The number of hydrogen-bond acceptors (Lipinski definition) is 20. The maximum absolute atomic E-state index is 16.1. The Kier molecular flexibility index (Phi) is 21.6. The number of nitriles is 2. The number of nitrogens with zero attached hydrogens (tertiary/aromatic N) is 9. The van der Waals surface area contributed by atoms with Crippen LogP contribution < -0.4 is 20.5 Å². The number of hydrogen-bond donors (Lipinski definition) is 2. The Morgan fingerprint density at radius 1 is 0.583 bits per heavy atom. The average Bonchev–Trinajstić information content (AvgIpc) is 1.55. The van der Waals surface area contributed by atoms with Gasteiger partial charge in [-0.15, -0.1) is 0 Å². The first-order chi connectivity index (χ1) is 46.4.